The highest BCUT2D eigenvalue weighted by Crippen LogP contribution is 2.20. The van der Waals surface area contributed by atoms with Gasteiger partial charge in [0.2, 0.25) is 0 Å². The van der Waals surface area contributed by atoms with Gasteiger partial charge in [-0.25, -0.2) is 0 Å². The van der Waals surface area contributed by atoms with E-state index in [1.165, 1.54) is 16.7 Å². The van der Waals surface area contributed by atoms with E-state index in [0.29, 0.717) is 0 Å². The lowest BCUT2D eigenvalue weighted by atomic mass is 10.0. The van der Waals surface area contributed by atoms with Gasteiger partial charge in [-0.15, -0.1) is 0 Å². The summed E-state index contributed by atoms with van der Waals surface area (Å²) in [7, 11) is 0. The molecule has 0 bridgehead atoms. The van der Waals surface area contributed by atoms with E-state index in [4.69, 9.17) is 0 Å². The number of benzene rings is 2. The standard InChI is InChI=1S/C15H14.2C2H6/c1-3-13-6-10-15(11-7-13)14-8-4-12(2)5-9-14;2*1-2/h3-11H,1H2,2H3;2*1-2H3. The van der Waals surface area contributed by atoms with Crippen LogP contribution in [0.1, 0.15) is 38.8 Å². The van der Waals surface area contributed by atoms with E-state index in [0.717, 1.165) is 5.56 Å². The average Bonchev–Trinajstić information content (AvgIpc) is 2.52. The molecule has 0 aliphatic carbocycles. The third kappa shape index (κ3) is 5.56. The molecule has 0 heteroatoms. The summed E-state index contributed by atoms with van der Waals surface area (Å²) in [5, 5.41) is 0. The quantitative estimate of drug-likeness (QED) is 0.585. The molecule has 0 heterocycles. The van der Waals surface area contributed by atoms with Crippen molar-refractivity contribution >= 4 is 6.08 Å². The molecule has 0 amide bonds. The smallest absolute Gasteiger partial charge is 0.0184 e. The van der Waals surface area contributed by atoms with Gasteiger partial charge in [-0.05, 0) is 23.6 Å². The number of rotatable bonds is 2. The van der Waals surface area contributed by atoms with Crippen molar-refractivity contribution in [3.8, 4) is 11.1 Å². The van der Waals surface area contributed by atoms with E-state index >= 15 is 0 Å². The van der Waals surface area contributed by atoms with Crippen LogP contribution < -0.4 is 0 Å². The van der Waals surface area contributed by atoms with Crippen LogP contribution in [0, 0.1) is 6.92 Å². The van der Waals surface area contributed by atoms with E-state index in [9.17, 15) is 0 Å². The van der Waals surface area contributed by atoms with Crippen molar-refractivity contribution in [2.45, 2.75) is 34.6 Å². The van der Waals surface area contributed by atoms with Gasteiger partial charge in [-0.3, -0.25) is 0 Å². The lowest BCUT2D eigenvalue weighted by Crippen LogP contribution is -1.78. The Kier molecular flexibility index (Phi) is 9.16. The Morgan fingerprint density at radius 2 is 1.05 bits per heavy atom. The molecule has 102 valence electrons. The fourth-order valence-corrected chi connectivity index (χ4v) is 1.56. The minimum Gasteiger partial charge on any atom is -0.0985 e. The molecule has 0 saturated carbocycles. The fourth-order valence-electron chi connectivity index (χ4n) is 1.56. The van der Waals surface area contributed by atoms with Crippen LogP contribution in [0.5, 0.6) is 0 Å². The summed E-state index contributed by atoms with van der Waals surface area (Å²) >= 11 is 0. The van der Waals surface area contributed by atoms with Crippen LogP contribution in [0.4, 0.5) is 0 Å². The second kappa shape index (κ2) is 10.1. The summed E-state index contributed by atoms with van der Waals surface area (Å²) in [6.07, 6.45) is 1.86. The second-order valence-electron chi connectivity index (χ2n) is 3.69. The topological polar surface area (TPSA) is 0 Å². The first kappa shape index (κ1) is 17.2. The Morgan fingerprint density at radius 3 is 1.42 bits per heavy atom. The molecule has 2 aromatic rings. The molecule has 0 aromatic heterocycles. The van der Waals surface area contributed by atoms with Gasteiger partial charge < -0.3 is 0 Å². The molecule has 0 aliphatic rings. The van der Waals surface area contributed by atoms with Gasteiger partial charge in [0.1, 0.15) is 0 Å². The second-order valence-corrected chi connectivity index (χ2v) is 3.69. The van der Waals surface area contributed by atoms with Crippen molar-refractivity contribution in [2.24, 2.45) is 0 Å². The summed E-state index contributed by atoms with van der Waals surface area (Å²) < 4.78 is 0. The highest BCUT2D eigenvalue weighted by Gasteiger charge is 1.96. The minimum absolute atomic E-state index is 1.16. The van der Waals surface area contributed by atoms with Crippen LogP contribution in [0.25, 0.3) is 17.2 Å². The van der Waals surface area contributed by atoms with Crippen LogP contribution in [-0.2, 0) is 0 Å². The Morgan fingerprint density at radius 1 is 0.684 bits per heavy atom. The molecule has 0 fully saturated rings. The van der Waals surface area contributed by atoms with E-state index in [2.05, 4.69) is 62.0 Å². The van der Waals surface area contributed by atoms with Crippen LogP contribution in [0.2, 0.25) is 0 Å². The lowest BCUT2D eigenvalue weighted by Gasteiger charge is -2.02. The van der Waals surface area contributed by atoms with Gasteiger partial charge in [0.25, 0.3) is 0 Å². The van der Waals surface area contributed by atoms with Crippen molar-refractivity contribution in [1.82, 2.24) is 0 Å². The van der Waals surface area contributed by atoms with Gasteiger partial charge in [0.15, 0.2) is 0 Å². The molecule has 0 radical (unpaired) electrons. The third-order valence-electron chi connectivity index (χ3n) is 2.53. The number of aryl methyl sites for hydroxylation is 1. The Balaban J connectivity index is 0.000000741. The predicted molar refractivity (Wildman–Crippen MR) is 89.4 cm³/mol. The van der Waals surface area contributed by atoms with Crippen LogP contribution in [0.15, 0.2) is 55.1 Å². The van der Waals surface area contributed by atoms with Crippen molar-refractivity contribution < 1.29 is 0 Å². The van der Waals surface area contributed by atoms with Gasteiger partial charge in [0, 0.05) is 0 Å². The summed E-state index contributed by atoms with van der Waals surface area (Å²) in [6, 6.07) is 17.0. The molecule has 0 saturated heterocycles. The van der Waals surface area contributed by atoms with Crippen LogP contribution >= 0.6 is 0 Å². The molecule has 19 heavy (non-hydrogen) atoms. The van der Waals surface area contributed by atoms with Crippen molar-refractivity contribution in [1.29, 1.82) is 0 Å². The Hall–Kier alpha value is -1.82. The molecule has 0 atom stereocenters. The van der Waals surface area contributed by atoms with Crippen molar-refractivity contribution in [3.63, 3.8) is 0 Å². The Labute approximate surface area is 118 Å². The highest BCUT2D eigenvalue weighted by molar-refractivity contribution is 5.65. The lowest BCUT2D eigenvalue weighted by molar-refractivity contribution is 1.47. The molecular formula is C19H26. The number of hydrogen-bond donors (Lipinski definition) is 0. The molecule has 0 unspecified atom stereocenters. The molecule has 2 aromatic carbocycles. The average molecular weight is 254 g/mol. The third-order valence-corrected chi connectivity index (χ3v) is 2.53. The zero-order valence-corrected chi connectivity index (χ0v) is 12.9. The van der Waals surface area contributed by atoms with E-state index in [1.54, 1.807) is 0 Å². The van der Waals surface area contributed by atoms with Crippen molar-refractivity contribution in [3.05, 3.63) is 66.2 Å². The van der Waals surface area contributed by atoms with Gasteiger partial charge in [-0.1, -0.05) is 94.4 Å². The normalized spacial score (nSPS) is 8.47. The first-order valence-electron chi connectivity index (χ1n) is 7.09. The summed E-state index contributed by atoms with van der Waals surface area (Å²) in [5.74, 6) is 0. The fraction of sp³-hybridized carbons (Fsp3) is 0.263. The largest absolute Gasteiger partial charge is 0.0985 e. The molecule has 0 aliphatic heterocycles. The maximum absolute atomic E-state index is 3.74. The molecular weight excluding hydrogens is 228 g/mol. The van der Waals surface area contributed by atoms with Crippen LogP contribution in [-0.4, -0.2) is 0 Å². The van der Waals surface area contributed by atoms with E-state index in [-0.39, 0.29) is 0 Å². The summed E-state index contributed by atoms with van der Waals surface area (Å²) in [5.41, 5.74) is 4.96. The predicted octanol–water partition coefficient (Wildman–Crippen LogP) is 6.36. The highest BCUT2D eigenvalue weighted by atomic mass is 14.0. The molecule has 0 N–H and O–H groups in total. The van der Waals surface area contributed by atoms with E-state index in [1.807, 2.05) is 33.8 Å². The first-order valence-corrected chi connectivity index (χ1v) is 7.09. The monoisotopic (exact) mass is 254 g/mol. The van der Waals surface area contributed by atoms with Gasteiger partial charge in [-0.2, -0.15) is 0 Å². The first-order chi connectivity index (χ1) is 9.29. The molecule has 2 rings (SSSR count). The maximum Gasteiger partial charge on any atom is -0.0184 e. The van der Waals surface area contributed by atoms with Crippen molar-refractivity contribution in [2.75, 3.05) is 0 Å². The summed E-state index contributed by atoms with van der Waals surface area (Å²) in [4.78, 5) is 0. The zero-order valence-electron chi connectivity index (χ0n) is 12.9. The maximum atomic E-state index is 3.74. The molecule has 0 spiro atoms. The summed E-state index contributed by atoms with van der Waals surface area (Å²) in [6.45, 7) is 13.8. The van der Waals surface area contributed by atoms with E-state index < -0.39 is 0 Å². The minimum atomic E-state index is 1.16. The Bertz CT molecular complexity index is 446. The molecule has 0 nitrogen and oxygen atoms in total. The SMILES string of the molecule is C=Cc1ccc(-c2ccc(C)cc2)cc1.CC.CC. The van der Waals surface area contributed by atoms with Gasteiger partial charge >= 0.3 is 0 Å². The van der Waals surface area contributed by atoms with Crippen LogP contribution in [0.3, 0.4) is 0 Å². The van der Waals surface area contributed by atoms with Gasteiger partial charge in [0.05, 0.1) is 0 Å². The zero-order chi connectivity index (χ0) is 14.7. The number of hydrogen-bond acceptors (Lipinski definition) is 0.